The molecule has 0 bridgehead atoms. The van der Waals surface area contributed by atoms with Crippen LogP contribution in [-0.4, -0.2) is 41.5 Å². The summed E-state index contributed by atoms with van der Waals surface area (Å²) in [5, 5.41) is 13.4. The Balaban J connectivity index is 1.68. The number of piperidine rings is 1. The molecule has 1 atom stereocenters. The molecule has 5 nitrogen and oxygen atoms in total. The van der Waals surface area contributed by atoms with Crippen LogP contribution in [-0.2, 0) is 9.59 Å². The normalized spacial score (nSPS) is 18.5. The lowest BCUT2D eigenvalue weighted by Crippen LogP contribution is -2.42. The van der Waals surface area contributed by atoms with Gasteiger partial charge in [-0.15, -0.1) is 0 Å². The number of likely N-dealkylation sites (tertiary alicyclic amines) is 1. The summed E-state index contributed by atoms with van der Waals surface area (Å²) in [7, 11) is 0. The van der Waals surface area contributed by atoms with Crippen LogP contribution in [0.4, 0.5) is 10.1 Å². The van der Waals surface area contributed by atoms with E-state index in [9.17, 15) is 14.0 Å². The molecule has 3 rings (SSSR count). The van der Waals surface area contributed by atoms with Crippen molar-refractivity contribution in [3.63, 3.8) is 0 Å². The second kappa shape index (κ2) is 6.97. The number of nitrogens with zero attached hydrogens (tertiary/aromatic N) is 1. The van der Waals surface area contributed by atoms with Crippen molar-refractivity contribution in [3.8, 4) is 0 Å². The van der Waals surface area contributed by atoms with Crippen LogP contribution < -0.4 is 5.32 Å². The van der Waals surface area contributed by atoms with Crippen molar-refractivity contribution in [1.82, 2.24) is 4.90 Å². The number of hydrogen-bond donors (Lipinski definition) is 2. The van der Waals surface area contributed by atoms with Crippen molar-refractivity contribution >= 4 is 28.3 Å². The number of rotatable bonds is 4. The van der Waals surface area contributed by atoms with E-state index in [0.29, 0.717) is 18.7 Å². The third kappa shape index (κ3) is 3.71. The number of nitrogens with one attached hydrogen (secondary N) is 1. The number of carbonyl (C=O) groups is 2. The van der Waals surface area contributed by atoms with Crippen LogP contribution in [0, 0.1) is 11.7 Å². The predicted octanol–water partition coefficient (Wildman–Crippen LogP) is 2.71. The first kappa shape index (κ1) is 16.4. The van der Waals surface area contributed by atoms with Gasteiger partial charge in [-0.05, 0) is 49.0 Å². The van der Waals surface area contributed by atoms with Crippen LogP contribution in [0.25, 0.3) is 10.8 Å². The van der Waals surface area contributed by atoms with Crippen molar-refractivity contribution in [2.24, 2.45) is 5.92 Å². The van der Waals surface area contributed by atoms with Crippen LogP contribution in [0.1, 0.15) is 12.8 Å². The number of hydrogen-bond acceptors (Lipinski definition) is 3. The standard InChI is InChI=1S/C18H19FN2O3/c19-14-6-7-15-12(9-14)3-1-5-16(15)20-17(22)11-21-8-2-4-13(10-21)18(23)24/h1,3,5-7,9,13H,2,4,8,10-11H2,(H,20,22)(H,23,24). The average Bonchev–Trinajstić information content (AvgIpc) is 2.55. The maximum Gasteiger partial charge on any atom is 0.307 e. The van der Waals surface area contributed by atoms with Gasteiger partial charge in [0.1, 0.15) is 5.82 Å². The Morgan fingerprint density at radius 3 is 2.92 bits per heavy atom. The molecule has 0 saturated carbocycles. The first-order valence-electron chi connectivity index (χ1n) is 7.96. The van der Waals surface area contributed by atoms with Crippen LogP contribution >= 0.6 is 0 Å². The number of benzene rings is 2. The highest BCUT2D eigenvalue weighted by atomic mass is 19.1. The summed E-state index contributed by atoms with van der Waals surface area (Å²) in [6.07, 6.45) is 1.43. The van der Waals surface area contributed by atoms with Crippen molar-refractivity contribution in [2.75, 3.05) is 25.0 Å². The van der Waals surface area contributed by atoms with Gasteiger partial charge in [-0.25, -0.2) is 4.39 Å². The Kier molecular flexibility index (Phi) is 4.76. The SMILES string of the molecule is O=C(CN1CCCC(C(=O)O)C1)Nc1cccc2cc(F)ccc12. The van der Waals surface area contributed by atoms with Gasteiger partial charge in [-0.1, -0.05) is 12.1 Å². The van der Waals surface area contributed by atoms with Crippen molar-refractivity contribution in [2.45, 2.75) is 12.8 Å². The molecule has 126 valence electrons. The molecule has 2 aromatic carbocycles. The van der Waals surface area contributed by atoms with Crippen molar-refractivity contribution in [1.29, 1.82) is 0 Å². The number of carboxylic acid groups (broad SMARTS) is 1. The second-order valence-electron chi connectivity index (χ2n) is 6.13. The molecular weight excluding hydrogens is 311 g/mol. The summed E-state index contributed by atoms with van der Waals surface area (Å²) in [6, 6.07) is 9.75. The summed E-state index contributed by atoms with van der Waals surface area (Å²) in [6.45, 7) is 1.27. The minimum Gasteiger partial charge on any atom is -0.481 e. The minimum atomic E-state index is -0.809. The van der Waals surface area contributed by atoms with Gasteiger partial charge in [0.2, 0.25) is 5.91 Å². The molecule has 6 heteroatoms. The summed E-state index contributed by atoms with van der Waals surface area (Å²) in [4.78, 5) is 25.2. The summed E-state index contributed by atoms with van der Waals surface area (Å²) in [5.74, 6) is -1.74. The molecule has 1 unspecified atom stereocenters. The van der Waals surface area contributed by atoms with E-state index in [2.05, 4.69) is 5.32 Å². The van der Waals surface area contributed by atoms with Crippen molar-refractivity contribution < 1.29 is 19.1 Å². The van der Waals surface area contributed by atoms with Gasteiger partial charge >= 0.3 is 5.97 Å². The molecule has 1 aliphatic heterocycles. The maximum absolute atomic E-state index is 13.3. The number of carboxylic acids is 1. The average molecular weight is 330 g/mol. The molecule has 2 N–H and O–H groups in total. The van der Waals surface area contributed by atoms with E-state index in [-0.39, 0.29) is 18.3 Å². The summed E-state index contributed by atoms with van der Waals surface area (Å²) >= 11 is 0. The summed E-state index contributed by atoms with van der Waals surface area (Å²) in [5.41, 5.74) is 0.629. The molecule has 0 aliphatic carbocycles. The predicted molar refractivity (Wildman–Crippen MR) is 89.3 cm³/mol. The number of fused-ring (bicyclic) bond motifs is 1. The van der Waals surface area contributed by atoms with Gasteiger partial charge in [0.15, 0.2) is 0 Å². The molecule has 1 fully saturated rings. The minimum absolute atomic E-state index is 0.154. The number of aliphatic carboxylic acids is 1. The Hall–Kier alpha value is -2.47. The molecule has 0 aromatic heterocycles. The zero-order valence-corrected chi connectivity index (χ0v) is 13.2. The van der Waals surface area contributed by atoms with E-state index in [1.807, 2.05) is 4.90 Å². The lowest BCUT2D eigenvalue weighted by molar-refractivity contribution is -0.144. The molecule has 0 spiro atoms. The van der Waals surface area contributed by atoms with E-state index in [1.165, 1.54) is 12.1 Å². The third-order valence-electron chi connectivity index (χ3n) is 4.34. The highest BCUT2D eigenvalue weighted by Gasteiger charge is 2.26. The van der Waals surface area contributed by atoms with Crippen LogP contribution in [0.3, 0.4) is 0 Å². The molecule has 1 saturated heterocycles. The Labute approximate surface area is 139 Å². The molecule has 0 radical (unpaired) electrons. The highest BCUT2D eigenvalue weighted by molar-refractivity contribution is 6.02. The highest BCUT2D eigenvalue weighted by Crippen LogP contribution is 2.24. The summed E-state index contributed by atoms with van der Waals surface area (Å²) < 4.78 is 13.3. The van der Waals surface area contributed by atoms with Gasteiger partial charge < -0.3 is 10.4 Å². The van der Waals surface area contributed by atoms with Gasteiger partial charge in [-0.2, -0.15) is 0 Å². The maximum atomic E-state index is 13.3. The molecule has 2 aromatic rings. The number of amides is 1. The smallest absolute Gasteiger partial charge is 0.307 e. The zero-order chi connectivity index (χ0) is 17.1. The quantitative estimate of drug-likeness (QED) is 0.904. The molecule has 1 amide bonds. The first-order valence-corrected chi connectivity index (χ1v) is 7.96. The molecule has 24 heavy (non-hydrogen) atoms. The Morgan fingerprint density at radius 2 is 2.12 bits per heavy atom. The van der Waals surface area contributed by atoms with Crippen LogP contribution in [0.15, 0.2) is 36.4 Å². The van der Waals surface area contributed by atoms with E-state index in [1.54, 1.807) is 24.3 Å². The Bertz CT molecular complexity index is 778. The molecule has 1 heterocycles. The van der Waals surface area contributed by atoms with Gasteiger partial charge in [0.05, 0.1) is 12.5 Å². The number of anilines is 1. The van der Waals surface area contributed by atoms with E-state index in [4.69, 9.17) is 5.11 Å². The fourth-order valence-corrected chi connectivity index (χ4v) is 3.16. The van der Waals surface area contributed by atoms with Crippen molar-refractivity contribution in [3.05, 3.63) is 42.2 Å². The number of carbonyl (C=O) groups excluding carboxylic acids is 1. The zero-order valence-electron chi connectivity index (χ0n) is 13.2. The van der Waals surface area contributed by atoms with Gasteiger partial charge in [-0.3, -0.25) is 14.5 Å². The fourth-order valence-electron chi connectivity index (χ4n) is 3.16. The van der Waals surface area contributed by atoms with Crippen LogP contribution in [0.2, 0.25) is 0 Å². The molecule has 1 aliphatic rings. The van der Waals surface area contributed by atoms with Crippen LogP contribution in [0.5, 0.6) is 0 Å². The third-order valence-corrected chi connectivity index (χ3v) is 4.34. The largest absolute Gasteiger partial charge is 0.481 e. The monoisotopic (exact) mass is 330 g/mol. The topological polar surface area (TPSA) is 69.6 Å². The van der Waals surface area contributed by atoms with E-state index < -0.39 is 11.9 Å². The lowest BCUT2D eigenvalue weighted by Gasteiger charge is -2.29. The van der Waals surface area contributed by atoms with E-state index >= 15 is 0 Å². The Morgan fingerprint density at radius 1 is 1.29 bits per heavy atom. The van der Waals surface area contributed by atoms with E-state index in [0.717, 1.165) is 23.7 Å². The lowest BCUT2D eigenvalue weighted by atomic mass is 9.98. The fraction of sp³-hybridized carbons (Fsp3) is 0.333. The number of halogens is 1. The second-order valence-corrected chi connectivity index (χ2v) is 6.13. The van der Waals surface area contributed by atoms with Gasteiger partial charge in [0, 0.05) is 17.6 Å². The molecular formula is C18H19FN2O3. The first-order chi connectivity index (χ1) is 11.5. The van der Waals surface area contributed by atoms with Gasteiger partial charge in [0.25, 0.3) is 0 Å².